The molecule has 2 atom stereocenters. The van der Waals surface area contributed by atoms with Gasteiger partial charge in [-0.15, -0.1) is 0 Å². The number of hydrogen-bond acceptors (Lipinski definition) is 4. The smallest absolute Gasteiger partial charge is 0.261 e. The largest absolute Gasteiger partial charge is 0.404 e. The Labute approximate surface area is 308 Å². The first-order chi connectivity index (χ1) is 24.2. The summed E-state index contributed by atoms with van der Waals surface area (Å²) >= 11 is 0. The lowest BCUT2D eigenvalue weighted by Gasteiger charge is -2.44. The first-order valence-electron chi connectivity index (χ1n) is 18.3. The molecule has 0 aliphatic carbocycles. The summed E-state index contributed by atoms with van der Waals surface area (Å²) in [6.45, 7) is 18.4. The molecular weight excluding hydrogens is 665 g/mol. The number of nitrogens with one attached hydrogen (secondary N) is 2. The summed E-state index contributed by atoms with van der Waals surface area (Å²) in [4.78, 5) is 26.2. The van der Waals surface area contributed by atoms with Crippen molar-refractivity contribution in [2.75, 3.05) is 13.1 Å². The molecule has 0 aromatic heterocycles. The van der Waals surface area contributed by atoms with Gasteiger partial charge in [-0.2, -0.15) is 0 Å². The van der Waals surface area contributed by atoms with Crippen LogP contribution in [0, 0.1) is 0 Å². The van der Waals surface area contributed by atoms with E-state index in [9.17, 15) is 9.59 Å². The fourth-order valence-electron chi connectivity index (χ4n) is 7.28. The van der Waals surface area contributed by atoms with Gasteiger partial charge in [0.15, 0.2) is 0 Å². The van der Waals surface area contributed by atoms with Gasteiger partial charge >= 0.3 is 0 Å². The molecule has 0 aliphatic heterocycles. The van der Waals surface area contributed by atoms with Gasteiger partial charge in [0.25, 0.3) is 16.6 Å². The Morgan fingerprint density at radius 2 is 0.765 bits per heavy atom. The van der Waals surface area contributed by atoms with Gasteiger partial charge in [-0.05, 0) is 51.1 Å². The van der Waals surface area contributed by atoms with Crippen molar-refractivity contribution in [2.45, 2.75) is 96.9 Å². The Bertz CT molecular complexity index is 1450. The second-order valence-electron chi connectivity index (χ2n) is 15.6. The van der Waals surface area contributed by atoms with Gasteiger partial charge in [0.1, 0.15) is 0 Å². The third kappa shape index (κ3) is 9.74. The third-order valence-corrected chi connectivity index (χ3v) is 19.9. The fraction of sp³-hybridized carbons (Fsp3) is 0.395. The van der Waals surface area contributed by atoms with E-state index in [-0.39, 0.29) is 46.9 Å². The van der Waals surface area contributed by atoms with Crippen molar-refractivity contribution in [1.82, 2.24) is 10.6 Å². The molecule has 0 unspecified atom stereocenters. The van der Waals surface area contributed by atoms with E-state index in [0.29, 0.717) is 19.5 Å². The van der Waals surface area contributed by atoms with Crippen LogP contribution < -0.4 is 31.4 Å². The molecule has 0 saturated carbocycles. The van der Waals surface area contributed by atoms with Crippen LogP contribution in [-0.4, -0.2) is 53.7 Å². The van der Waals surface area contributed by atoms with E-state index in [1.807, 2.05) is 38.1 Å². The lowest BCUT2D eigenvalue weighted by Crippen LogP contribution is -2.67. The quantitative estimate of drug-likeness (QED) is 0.105. The summed E-state index contributed by atoms with van der Waals surface area (Å²) in [5.41, 5.74) is 0. The maximum absolute atomic E-state index is 13.1. The van der Waals surface area contributed by atoms with Gasteiger partial charge in [0, 0.05) is 13.1 Å². The van der Waals surface area contributed by atoms with E-state index in [4.69, 9.17) is 8.85 Å². The van der Waals surface area contributed by atoms with Crippen molar-refractivity contribution in [3.63, 3.8) is 0 Å². The van der Waals surface area contributed by atoms with Crippen LogP contribution in [0.1, 0.15) is 74.7 Å². The van der Waals surface area contributed by atoms with Gasteiger partial charge < -0.3 is 19.5 Å². The lowest BCUT2D eigenvalue weighted by molar-refractivity contribution is -0.123. The summed E-state index contributed by atoms with van der Waals surface area (Å²) in [6.07, 6.45) is 0.578. The molecule has 4 aromatic rings. The number of hydrogen-bond donors (Lipinski definition) is 2. The molecule has 0 fully saturated rings. The Morgan fingerprint density at radius 1 is 0.510 bits per heavy atom. The molecular formula is C43H58N2O4Si2. The van der Waals surface area contributed by atoms with Crippen LogP contribution in [0.4, 0.5) is 0 Å². The zero-order valence-electron chi connectivity index (χ0n) is 31.9. The van der Waals surface area contributed by atoms with E-state index in [1.165, 1.54) is 20.7 Å². The Balaban J connectivity index is 1.30. The van der Waals surface area contributed by atoms with Gasteiger partial charge in [-0.3, -0.25) is 9.59 Å². The minimum atomic E-state index is -2.75. The van der Waals surface area contributed by atoms with Gasteiger partial charge in [0.05, 0.1) is 25.0 Å². The molecule has 0 saturated heterocycles. The molecule has 0 aliphatic rings. The van der Waals surface area contributed by atoms with Crippen molar-refractivity contribution in [1.29, 1.82) is 0 Å². The van der Waals surface area contributed by atoms with Crippen molar-refractivity contribution < 1.29 is 18.4 Å². The molecule has 0 radical (unpaired) electrons. The van der Waals surface area contributed by atoms with Crippen LogP contribution in [-0.2, 0) is 18.4 Å². The van der Waals surface area contributed by atoms with Crippen LogP contribution in [0.2, 0.25) is 10.1 Å². The van der Waals surface area contributed by atoms with Crippen LogP contribution in [0.3, 0.4) is 0 Å². The molecule has 272 valence electrons. The van der Waals surface area contributed by atoms with Gasteiger partial charge in [-0.1, -0.05) is 163 Å². The maximum Gasteiger partial charge on any atom is 0.261 e. The lowest BCUT2D eigenvalue weighted by atomic mass is 10.2. The highest BCUT2D eigenvalue weighted by atomic mass is 28.4. The topological polar surface area (TPSA) is 76.7 Å². The highest BCUT2D eigenvalue weighted by molar-refractivity contribution is 7.00. The SMILES string of the molecule is C[C@H](CC(=O)NCCCNC(=O)C[C@@H](C)O[Si](c1ccccc1)(c1ccccc1)C(C)(C)C)O[Si](c1ccccc1)(c1ccccc1)C(C)(C)C. The number of carbonyl (C=O) groups excluding carboxylic acids is 2. The number of amides is 2. The molecule has 2 N–H and O–H groups in total. The molecule has 0 bridgehead atoms. The number of rotatable bonds is 16. The highest BCUT2D eigenvalue weighted by Gasteiger charge is 2.52. The van der Waals surface area contributed by atoms with Crippen molar-refractivity contribution in [2.24, 2.45) is 0 Å². The average Bonchev–Trinajstić information content (AvgIpc) is 3.09. The first-order valence-corrected chi connectivity index (χ1v) is 22.1. The van der Waals surface area contributed by atoms with E-state index in [0.717, 1.165) is 0 Å². The normalized spacial score (nSPS) is 13.6. The molecule has 51 heavy (non-hydrogen) atoms. The van der Waals surface area contributed by atoms with Gasteiger partial charge in [-0.25, -0.2) is 0 Å². The van der Waals surface area contributed by atoms with Crippen molar-refractivity contribution in [3.05, 3.63) is 121 Å². The summed E-state index contributed by atoms with van der Waals surface area (Å²) in [6, 6.07) is 41.9. The second kappa shape index (κ2) is 17.6. The molecule has 6 nitrogen and oxygen atoms in total. The summed E-state index contributed by atoms with van der Waals surface area (Å²) in [5.74, 6) is -0.113. The third-order valence-electron chi connectivity index (χ3n) is 9.53. The predicted octanol–water partition coefficient (Wildman–Crippen LogP) is 6.32. The van der Waals surface area contributed by atoms with Crippen LogP contribution in [0.5, 0.6) is 0 Å². The van der Waals surface area contributed by atoms with E-state index >= 15 is 0 Å². The zero-order valence-corrected chi connectivity index (χ0v) is 33.9. The first kappa shape index (κ1) is 40.0. The minimum absolute atomic E-state index is 0.0564. The second-order valence-corrected chi connectivity index (χ2v) is 24.2. The Morgan fingerprint density at radius 3 is 1.00 bits per heavy atom. The minimum Gasteiger partial charge on any atom is -0.404 e. The van der Waals surface area contributed by atoms with E-state index in [1.54, 1.807) is 0 Å². The average molecular weight is 723 g/mol. The predicted molar refractivity (Wildman–Crippen MR) is 216 cm³/mol. The molecule has 2 amide bonds. The van der Waals surface area contributed by atoms with Crippen LogP contribution in [0.15, 0.2) is 121 Å². The standard InChI is InChI=1S/C43H58N2O4Si2/c1-34(48-50(42(3,4)5,36-22-13-9-14-23-36)37-24-15-10-16-25-37)32-40(46)44-30-21-31-45-41(47)33-35(2)49-51(43(6,7)8,38-26-17-11-18-27-38)39-28-19-12-20-29-39/h9-20,22-29,34-35H,21,30-33H2,1-8H3,(H,44,46)(H,45,47)/t34-,35-/m1/s1. The fourth-order valence-corrected chi connectivity index (χ4v) is 16.7. The van der Waals surface area contributed by atoms with Crippen molar-refractivity contribution in [3.8, 4) is 0 Å². The summed E-state index contributed by atoms with van der Waals surface area (Å²) in [5, 5.41) is 10.5. The summed E-state index contributed by atoms with van der Waals surface area (Å²) < 4.78 is 14.1. The van der Waals surface area contributed by atoms with Crippen LogP contribution in [0.25, 0.3) is 0 Å². The number of carbonyl (C=O) groups is 2. The monoisotopic (exact) mass is 722 g/mol. The molecule has 8 heteroatoms. The highest BCUT2D eigenvalue weighted by Crippen LogP contribution is 2.39. The van der Waals surface area contributed by atoms with Crippen LogP contribution >= 0.6 is 0 Å². The Kier molecular flexibility index (Phi) is 13.8. The molecule has 4 rings (SSSR count). The zero-order chi connectivity index (χ0) is 37.1. The Hall–Kier alpha value is -3.83. The molecule has 0 spiro atoms. The molecule has 0 heterocycles. The maximum atomic E-state index is 13.1. The van der Waals surface area contributed by atoms with Crippen molar-refractivity contribution >= 4 is 49.2 Å². The number of benzene rings is 4. The molecule has 4 aromatic carbocycles. The summed E-state index contributed by atoms with van der Waals surface area (Å²) in [7, 11) is -5.50. The van der Waals surface area contributed by atoms with E-state index < -0.39 is 16.6 Å². The van der Waals surface area contributed by atoms with Gasteiger partial charge in [0.2, 0.25) is 11.8 Å². The van der Waals surface area contributed by atoms with E-state index in [2.05, 4.69) is 149 Å².